The van der Waals surface area contributed by atoms with Crippen molar-refractivity contribution >= 4 is 0 Å². The molecule has 0 fully saturated rings. The Morgan fingerprint density at radius 3 is 2.35 bits per heavy atom. The van der Waals surface area contributed by atoms with Crippen molar-refractivity contribution < 1.29 is 0 Å². The van der Waals surface area contributed by atoms with Crippen molar-refractivity contribution in [2.75, 3.05) is 33.7 Å². The van der Waals surface area contributed by atoms with Crippen LogP contribution in [0.25, 0.3) is 0 Å². The van der Waals surface area contributed by atoms with Gasteiger partial charge in [-0.15, -0.1) is 0 Å². The van der Waals surface area contributed by atoms with Gasteiger partial charge in [0, 0.05) is 6.04 Å². The zero-order valence-electron chi connectivity index (χ0n) is 12.0. The first-order valence-corrected chi connectivity index (χ1v) is 6.41. The van der Waals surface area contributed by atoms with Crippen LogP contribution in [0.4, 0.5) is 0 Å². The maximum atomic E-state index is 8.95. The van der Waals surface area contributed by atoms with E-state index in [2.05, 4.69) is 43.8 Å². The molecule has 100 valence electrons. The van der Waals surface area contributed by atoms with Crippen LogP contribution in [0.3, 0.4) is 0 Å². The molecule has 2 unspecified atom stereocenters. The summed E-state index contributed by atoms with van der Waals surface area (Å²) in [5.74, 6) is 0. The molecule has 0 amide bonds. The summed E-state index contributed by atoms with van der Waals surface area (Å²) in [6, 6.07) is 2.53. The van der Waals surface area contributed by atoms with E-state index in [1.807, 2.05) is 0 Å². The van der Waals surface area contributed by atoms with Crippen LogP contribution >= 0.6 is 0 Å². The third-order valence-electron chi connectivity index (χ3n) is 3.06. The van der Waals surface area contributed by atoms with Gasteiger partial charge in [0.15, 0.2) is 0 Å². The van der Waals surface area contributed by atoms with Crippen molar-refractivity contribution in [2.24, 2.45) is 5.73 Å². The van der Waals surface area contributed by atoms with Gasteiger partial charge in [-0.05, 0) is 60.4 Å². The minimum atomic E-state index is -0.714. The minimum absolute atomic E-state index is 0.358. The van der Waals surface area contributed by atoms with Crippen LogP contribution in [0.5, 0.6) is 0 Å². The molecule has 0 aromatic heterocycles. The van der Waals surface area contributed by atoms with Crippen LogP contribution in [0, 0.1) is 11.3 Å². The standard InChI is InChI=1S/C13H28N4/c1-6-17(9-7-8-16(4)5)12(2)10-13(3,15)11-14/h12H,6-10,15H2,1-5H3. The number of hydrogen-bond acceptors (Lipinski definition) is 4. The van der Waals surface area contributed by atoms with E-state index < -0.39 is 5.54 Å². The molecule has 0 radical (unpaired) electrons. The fourth-order valence-corrected chi connectivity index (χ4v) is 2.07. The summed E-state index contributed by atoms with van der Waals surface area (Å²) in [5.41, 5.74) is 5.18. The van der Waals surface area contributed by atoms with Crippen molar-refractivity contribution in [3.05, 3.63) is 0 Å². The van der Waals surface area contributed by atoms with E-state index in [-0.39, 0.29) is 0 Å². The molecular weight excluding hydrogens is 212 g/mol. The van der Waals surface area contributed by atoms with E-state index in [9.17, 15) is 0 Å². The SMILES string of the molecule is CCN(CCCN(C)C)C(C)CC(C)(N)C#N. The second-order valence-electron chi connectivity index (χ2n) is 5.37. The lowest BCUT2D eigenvalue weighted by Gasteiger charge is -2.31. The zero-order chi connectivity index (χ0) is 13.5. The molecule has 17 heavy (non-hydrogen) atoms. The van der Waals surface area contributed by atoms with Crippen molar-refractivity contribution in [1.29, 1.82) is 5.26 Å². The van der Waals surface area contributed by atoms with Crippen LogP contribution in [0.2, 0.25) is 0 Å². The number of rotatable bonds is 8. The monoisotopic (exact) mass is 240 g/mol. The summed E-state index contributed by atoms with van der Waals surface area (Å²) in [4.78, 5) is 4.59. The van der Waals surface area contributed by atoms with Gasteiger partial charge in [-0.3, -0.25) is 0 Å². The molecule has 0 rings (SSSR count). The highest BCUT2D eigenvalue weighted by molar-refractivity contribution is 5.02. The number of hydrogen-bond donors (Lipinski definition) is 1. The third kappa shape index (κ3) is 7.32. The Morgan fingerprint density at radius 1 is 1.35 bits per heavy atom. The van der Waals surface area contributed by atoms with Gasteiger partial charge in [0.1, 0.15) is 5.54 Å². The van der Waals surface area contributed by atoms with Crippen LogP contribution < -0.4 is 5.73 Å². The molecule has 0 aliphatic carbocycles. The van der Waals surface area contributed by atoms with Crippen LogP contribution in [-0.4, -0.2) is 55.1 Å². The molecule has 2 atom stereocenters. The first-order chi connectivity index (χ1) is 7.82. The highest BCUT2D eigenvalue weighted by Crippen LogP contribution is 2.13. The Kier molecular flexibility index (Phi) is 7.37. The first-order valence-electron chi connectivity index (χ1n) is 6.41. The predicted octanol–water partition coefficient (Wildman–Crippen LogP) is 1.28. The molecule has 0 aliphatic heterocycles. The number of nitrogens with two attached hydrogens (primary N) is 1. The van der Waals surface area contributed by atoms with E-state index in [0.717, 1.165) is 32.5 Å². The summed E-state index contributed by atoms with van der Waals surface area (Å²) in [5, 5.41) is 8.95. The van der Waals surface area contributed by atoms with Gasteiger partial charge in [-0.25, -0.2) is 0 Å². The van der Waals surface area contributed by atoms with Crippen molar-refractivity contribution in [3.8, 4) is 6.07 Å². The van der Waals surface area contributed by atoms with E-state index in [1.165, 1.54) is 0 Å². The van der Waals surface area contributed by atoms with Crippen LogP contribution in [0.1, 0.15) is 33.6 Å². The molecule has 4 heteroatoms. The molecular formula is C13H28N4. The Morgan fingerprint density at radius 2 is 1.94 bits per heavy atom. The van der Waals surface area contributed by atoms with Gasteiger partial charge in [0.2, 0.25) is 0 Å². The molecule has 0 saturated carbocycles. The smallest absolute Gasteiger partial charge is 0.102 e. The van der Waals surface area contributed by atoms with Crippen molar-refractivity contribution in [1.82, 2.24) is 9.80 Å². The molecule has 0 aromatic rings. The first kappa shape index (κ1) is 16.4. The second kappa shape index (κ2) is 7.65. The maximum absolute atomic E-state index is 8.95. The summed E-state index contributed by atoms with van der Waals surface area (Å²) in [6.07, 6.45) is 1.87. The molecule has 2 N–H and O–H groups in total. The van der Waals surface area contributed by atoms with E-state index in [1.54, 1.807) is 6.92 Å². The van der Waals surface area contributed by atoms with Crippen LogP contribution in [-0.2, 0) is 0 Å². The van der Waals surface area contributed by atoms with E-state index >= 15 is 0 Å². The quantitative estimate of drug-likeness (QED) is 0.694. The Hall–Kier alpha value is -0.630. The van der Waals surface area contributed by atoms with Crippen molar-refractivity contribution in [3.63, 3.8) is 0 Å². The normalized spacial score (nSPS) is 16.9. The van der Waals surface area contributed by atoms with E-state index in [0.29, 0.717) is 6.04 Å². The minimum Gasteiger partial charge on any atom is -0.314 e. The molecule has 4 nitrogen and oxygen atoms in total. The fourth-order valence-electron chi connectivity index (χ4n) is 2.07. The highest BCUT2D eigenvalue weighted by atomic mass is 15.2. The van der Waals surface area contributed by atoms with Gasteiger partial charge in [0.25, 0.3) is 0 Å². The average Bonchev–Trinajstić information content (AvgIpc) is 2.23. The molecule has 0 spiro atoms. The molecule has 0 aliphatic rings. The molecule has 0 aromatic carbocycles. The molecule has 0 bridgehead atoms. The number of nitrogens with zero attached hydrogens (tertiary/aromatic N) is 3. The second-order valence-corrected chi connectivity index (χ2v) is 5.37. The Bertz CT molecular complexity index is 242. The van der Waals surface area contributed by atoms with Gasteiger partial charge in [-0.2, -0.15) is 5.26 Å². The lowest BCUT2D eigenvalue weighted by atomic mass is 9.96. The Labute approximate surface area is 106 Å². The summed E-state index contributed by atoms with van der Waals surface area (Å²) < 4.78 is 0. The molecule has 0 saturated heterocycles. The third-order valence-corrected chi connectivity index (χ3v) is 3.06. The zero-order valence-corrected chi connectivity index (χ0v) is 12.0. The van der Waals surface area contributed by atoms with Crippen molar-refractivity contribution in [2.45, 2.75) is 45.2 Å². The largest absolute Gasteiger partial charge is 0.314 e. The topological polar surface area (TPSA) is 56.3 Å². The fraction of sp³-hybridized carbons (Fsp3) is 0.923. The predicted molar refractivity (Wildman–Crippen MR) is 72.7 cm³/mol. The average molecular weight is 240 g/mol. The summed E-state index contributed by atoms with van der Waals surface area (Å²) in [6.45, 7) is 9.29. The van der Waals surface area contributed by atoms with Crippen LogP contribution in [0.15, 0.2) is 0 Å². The summed E-state index contributed by atoms with van der Waals surface area (Å²) in [7, 11) is 4.18. The Balaban J connectivity index is 4.13. The van der Waals surface area contributed by atoms with Gasteiger partial charge in [-0.1, -0.05) is 6.92 Å². The van der Waals surface area contributed by atoms with Gasteiger partial charge >= 0.3 is 0 Å². The summed E-state index contributed by atoms with van der Waals surface area (Å²) >= 11 is 0. The highest BCUT2D eigenvalue weighted by Gasteiger charge is 2.23. The lowest BCUT2D eigenvalue weighted by Crippen LogP contribution is -2.44. The van der Waals surface area contributed by atoms with Gasteiger partial charge in [0.05, 0.1) is 6.07 Å². The maximum Gasteiger partial charge on any atom is 0.102 e. The molecule has 0 heterocycles. The number of nitriles is 1. The van der Waals surface area contributed by atoms with Gasteiger partial charge < -0.3 is 15.5 Å². The van der Waals surface area contributed by atoms with E-state index in [4.69, 9.17) is 11.0 Å². The lowest BCUT2D eigenvalue weighted by molar-refractivity contribution is 0.185.